The lowest BCUT2D eigenvalue weighted by Gasteiger charge is -2.19. The molecule has 0 atom stereocenters. The molecule has 6 heteroatoms. The lowest BCUT2D eigenvalue weighted by Crippen LogP contribution is -2.16. The number of anilines is 1. The minimum absolute atomic E-state index is 0.281. The molecule has 0 saturated heterocycles. The Labute approximate surface area is 132 Å². The Morgan fingerprint density at radius 1 is 1.26 bits per heavy atom. The maximum Gasteiger partial charge on any atom is 0.335 e. The third-order valence-corrected chi connectivity index (χ3v) is 4.73. The van der Waals surface area contributed by atoms with E-state index in [4.69, 9.17) is 5.11 Å². The normalized spacial score (nSPS) is 10.5. The number of halogens is 2. The summed E-state index contributed by atoms with van der Waals surface area (Å²) in [4.78, 5) is 14.3. The van der Waals surface area contributed by atoms with E-state index >= 15 is 0 Å². The number of thiophene rings is 1. The van der Waals surface area contributed by atoms with Crippen LogP contribution in [0, 0.1) is 0 Å². The highest BCUT2D eigenvalue weighted by molar-refractivity contribution is 9.10. The maximum atomic E-state index is 11.0. The third kappa shape index (κ3) is 3.81. The summed E-state index contributed by atoms with van der Waals surface area (Å²) < 4.78 is 1.84. The quantitative estimate of drug-likeness (QED) is 0.808. The molecule has 0 aliphatic carbocycles. The summed E-state index contributed by atoms with van der Waals surface area (Å²) in [5, 5.41) is 11.1. The molecular formula is C13H11Br2NO2S. The van der Waals surface area contributed by atoms with E-state index in [-0.39, 0.29) is 5.56 Å². The Balaban J connectivity index is 2.23. The van der Waals surface area contributed by atoms with Crippen LogP contribution in [0.4, 0.5) is 5.69 Å². The molecule has 0 aliphatic rings. The van der Waals surface area contributed by atoms with Crippen LogP contribution in [0.2, 0.25) is 0 Å². The summed E-state index contributed by atoms with van der Waals surface area (Å²) in [6, 6.07) is 7.25. The van der Waals surface area contributed by atoms with E-state index in [1.54, 1.807) is 23.5 Å². The van der Waals surface area contributed by atoms with Crippen molar-refractivity contribution in [1.29, 1.82) is 0 Å². The first-order chi connectivity index (χ1) is 8.95. The van der Waals surface area contributed by atoms with Gasteiger partial charge in [-0.25, -0.2) is 4.79 Å². The molecule has 1 N–H and O–H groups in total. The van der Waals surface area contributed by atoms with Crippen LogP contribution in [0.25, 0.3) is 0 Å². The van der Waals surface area contributed by atoms with Crippen LogP contribution in [0.3, 0.4) is 0 Å². The molecule has 0 fully saturated rings. The van der Waals surface area contributed by atoms with Crippen molar-refractivity contribution in [2.75, 3.05) is 11.9 Å². The second-order valence-electron chi connectivity index (χ2n) is 4.09. The molecule has 1 heterocycles. The Bertz CT molecular complexity index is 612. The fourth-order valence-electron chi connectivity index (χ4n) is 1.68. The number of aromatic carboxylic acids is 1. The lowest BCUT2D eigenvalue weighted by atomic mass is 10.2. The number of carbonyl (C=O) groups is 1. The van der Waals surface area contributed by atoms with Gasteiger partial charge < -0.3 is 10.0 Å². The van der Waals surface area contributed by atoms with Gasteiger partial charge in [-0.3, -0.25) is 0 Å². The van der Waals surface area contributed by atoms with Crippen LogP contribution in [0.5, 0.6) is 0 Å². The summed E-state index contributed by atoms with van der Waals surface area (Å²) >= 11 is 8.44. The molecule has 0 aliphatic heterocycles. The number of hydrogen-bond acceptors (Lipinski definition) is 3. The Kier molecular flexibility index (Phi) is 4.65. The van der Waals surface area contributed by atoms with Crippen molar-refractivity contribution in [3.63, 3.8) is 0 Å². The van der Waals surface area contributed by atoms with Crippen LogP contribution in [-0.2, 0) is 6.54 Å². The molecule has 0 unspecified atom stereocenters. The van der Waals surface area contributed by atoms with Crippen LogP contribution in [0.15, 0.2) is 38.6 Å². The zero-order valence-corrected chi connectivity index (χ0v) is 14.0. The van der Waals surface area contributed by atoms with Gasteiger partial charge in [-0.2, -0.15) is 0 Å². The van der Waals surface area contributed by atoms with E-state index < -0.39 is 5.97 Å². The molecular weight excluding hydrogens is 394 g/mol. The number of nitrogens with zero attached hydrogens (tertiary/aromatic N) is 1. The minimum atomic E-state index is -0.921. The molecule has 1 aromatic heterocycles. The van der Waals surface area contributed by atoms with Crippen molar-refractivity contribution in [2.45, 2.75) is 6.54 Å². The van der Waals surface area contributed by atoms with Crippen molar-refractivity contribution in [1.82, 2.24) is 0 Å². The smallest absolute Gasteiger partial charge is 0.335 e. The number of rotatable bonds is 4. The van der Waals surface area contributed by atoms with E-state index in [2.05, 4.69) is 37.9 Å². The highest BCUT2D eigenvalue weighted by atomic mass is 79.9. The molecule has 2 rings (SSSR count). The molecule has 0 amide bonds. The predicted octanol–water partition coefficient (Wildman–Crippen LogP) is 4.61. The molecule has 3 nitrogen and oxygen atoms in total. The van der Waals surface area contributed by atoms with Crippen molar-refractivity contribution in [3.05, 3.63) is 49.0 Å². The van der Waals surface area contributed by atoms with E-state index in [0.717, 1.165) is 21.2 Å². The van der Waals surface area contributed by atoms with E-state index in [9.17, 15) is 4.79 Å². The van der Waals surface area contributed by atoms with Gasteiger partial charge in [0, 0.05) is 31.9 Å². The summed E-state index contributed by atoms with van der Waals surface area (Å²) in [7, 11) is 1.95. The van der Waals surface area contributed by atoms with Gasteiger partial charge in [-0.05, 0) is 40.2 Å². The van der Waals surface area contributed by atoms with Gasteiger partial charge in [0.2, 0.25) is 0 Å². The van der Waals surface area contributed by atoms with Gasteiger partial charge in [-0.15, -0.1) is 11.3 Å². The van der Waals surface area contributed by atoms with Gasteiger partial charge in [0.05, 0.1) is 12.1 Å². The predicted molar refractivity (Wildman–Crippen MR) is 85.2 cm³/mol. The van der Waals surface area contributed by atoms with Crippen molar-refractivity contribution < 1.29 is 9.90 Å². The van der Waals surface area contributed by atoms with Crippen LogP contribution in [0.1, 0.15) is 15.2 Å². The van der Waals surface area contributed by atoms with Crippen molar-refractivity contribution in [2.24, 2.45) is 0 Å². The second kappa shape index (κ2) is 6.07. The van der Waals surface area contributed by atoms with Crippen molar-refractivity contribution in [3.8, 4) is 0 Å². The zero-order chi connectivity index (χ0) is 14.0. The topological polar surface area (TPSA) is 40.5 Å². The van der Waals surface area contributed by atoms with Crippen molar-refractivity contribution >= 4 is 54.9 Å². The van der Waals surface area contributed by atoms with E-state index in [0.29, 0.717) is 0 Å². The average Bonchev–Trinajstić information content (AvgIpc) is 2.73. The number of hydrogen-bond donors (Lipinski definition) is 1. The van der Waals surface area contributed by atoms with Gasteiger partial charge in [0.25, 0.3) is 0 Å². The number of carboxylic acids is 1. The molecule has 19 heavy (non-hydrogen) atoms. The average molecular weight is 405 g/mol. The molecule has 1 aromatic carbocycles. The lowest BCUT2D eigenvalue weighted by molar-refractivity contribution is 0.0697. The Hall–Kier alpha value is -0.850. The summed E-state index contributed by atoms with van der Waals surface area (Å²) in [5.41, 5.74) is 1.15. The summed E-state index contributed by atoms with van der Waals surface area (Å²) in [6.45, 7) is 0.742. The first-order valence-electron chi connectivity index (χ1n) is 5.43. The third-order valence-electron chi connectivity index (χ3n) is 2.59. The molecule has 0 saturated carbocycles. The van der Waals surface area contributed by atoms with Crippen LogP contribution < -0.4 is 4.90 Å². The van der Waals surface area contributed by atoms with Crippen LogP contribution >= 0.6 is 43.2 Å². The first-order valence-corrected chi connectivity index (χ1v) is 7.90. The van der Waals surface area contributed by atoms with Gasteiger partial charge in [-0.1, -0.05) is 15.9 Å². The molecule has 0 bridgehead atoms. The zero-order valence-electron chi connectivity index (χ0n) is 10.1. The summed E-state index contributed by atoms with van der Waals surface area (Å²) in [6.07, 6.45) is 0. The highest BCUT2D eigenvalue weighted by Crippen LogP contribution is 2.26. The van der Waals surface area contributed by atoms with E-state index in [1.165, 1.54) is 4.88 Å². The monoisotopic (exact) mass is 403 g/mol. The standard InChI is InChI=1S/C13H11Br2NO2S/c1-16(6-12-5-10(15)7-19-12)11-3-8(13(17)18)2-9(14)4-11/h2-5,7H,6H2,1H3,(H,17,18). The van der Waals surface area contributed by atoms with Gasteiger partial charge in [0.1, 0.15) is 0 Å². The largest absolute Gasteiger partial charge is 0.478 e. The molecule has 0 spiro atoms. The second-order valence-corrected chi connectivity index (χ2v) is 6.92. The molecule has 100 valence electrons. The van der Waals surface area contributed by atoms with Gasteiger partial charge >= 0.3 is 5.97 Å². The van der Waals surface area contributed by atoms with E-state index in [1.807, 2.05) is 23.4 Å². The molecule has 2 aromatic rings. The molecule has 0 radical (unpaired) electrons. The SMILES string of the molecule is CN(Cc1cc(Br)cs1)c1cc(Br)cc(C(=O)O)c1. The maximum absolute atomic E-state index is 11.0. The highest BCUT2D eigenvalue weighted by Gasteiger charge is 2.10. The first kappa shape index (κ1) is 14.6. The number of carboxylic acid groups (broad SMARTS) is 1. The minimum Gasteiger partial charge on any atom is -0.478 e. The number of benzene rings is 1. The fraction of sp³-hybridized carbons (Fsp3) is 0.154. The Morgan fingerprint density at radius 2 is 2.00 bits per heavy atom. The van der Waals surface area contributed by atoms with Crippen LogP contribution in [-0.4, -0.2) is 18.1 Å². The fourth-order valence-corrected chi connectivity index (χ4v) is 3.66. The summed E-state index contributed by atoms with van der Waals surface area (Å²) in [5.74, 6) is -0.921. The Morgan fingerprint density at radius 3 is 2.58 bits per heavy atom. The van der Waals surface area contributed by atoms with Gasteiger partial charge in [0.15, 0.2) is 0 Å².